The molecule has 0 bridgehead atoms. The molecule has 0 saturated carbocycles. The second-order valence-corrected chi connectivity index (χ2v) is 5.83. The first-order chi connectivity index (χ1) is 7.67. The number of aliphatic carboxylic acids is 1. The SMILES string of the molecule is CC(C)(NC(=O)CC1CNC1)C(C)(C)C(=O)O. The van der Waals surface area contributed by atoms with Gasteiger partial charge in [0.2, 0.25) is 5.91 Å². The molecule has 1 saturated heterocycles. The van der Waals surface area contributed by atoms with Crippen molar-refractivity contribution in [1.29, 1.82) is 0 Å². The Morgan fingerprint density at radius 1 is 1.29 bits per heavy atom. The van der Waals surface area contributed by atoms with E-state index in [1.807, 2.05) is 0 Å². The molecule has 1 rings (SSSR count). The number of amides is 1. The zero-order chi connectivity index (χ0) is 13.3. The van der Waals surface area contributed by atoms with Gasteiger partial charge in [0.1, 0.15) is 0 Å². The van der Waals surface area contributed by atoms with Crippen molar-refractivity contribution in [2.75, 3.05) is 13.1 Å². The molecule has 5 nitrogen and oxygen atoms in total. The largest absolute Gasteiger partial charge is 0.481 e. The van der Waals surface area contributed by atoms with Crippen LogP contribution < -0.4 is 10.6 Å². The molecule has 0 aromatic rings. The maximum Gasteiger partial charge on any atom is 0.311 e. The molecule has 0 unspecified atom stereocenters. The van der Waals surface area contributed by atoms with Gasteiger partial charge in [-0.15, -0.1) is 0 Å². The maximum absolute atomic E-state index is 11.8. The highest BCUT2D eigenvalue weighted by Gasteiger charge is 2.44. The van der Waals surface area contributed by atoms with E-state index in [0.717, 1.165) is 13.1 Å². The van der Waals surface area contributed by atoms with Gasteiger partial charge < -0.3 is 15.7 Å². The van der Waals surface area contributed by atoms with Crippen LogP contribution in [0.25, 0.3) is 0 Å². The monoisotopic (exact) mass is 242 g/mol. The van der Waals surface area contributed by atoms with Crippen LogP contribution in [0.1, 0.15) is 34.1 Å². The van der Waals surface area contributed by atoms with Gasteiger partial charge in [0.15, 0.2) is 0 Å². The summed E-state index contributed by atoms with van der Waals surface area (Å²) in [5.41, 5.74) is -1.77. The maximum atomic E-state index is 11.8. The Labute approximate surface area is 102 Å². The summed E-state index contributed by atoms with van der Waals surface area (Å²) >= 11 is 0. The van der Waals surface area contributed by atoms with Crippen LogP contribution >= 0.6 is 0 Å². The van der Waals surface area contributed by atoms with Gasteiger partial charge in [-0.05, 0) is 46.7 Å². The third-order valence-electron chi connectivity index (χ3n) is 3.89. The summed E-state index contributed by atoms with van der Waals surface area (Å²) in [6, 6.07) is 0. The van der Waals surface area contributed by atoms with Crippen molar-refractivity contribution in [3.63, 3.8) is 0 Å². The van der Waals surface area contributed by atoms with Gasteiger partial charge in [0, 0.05) is 12.0 Å². The molecule has 1 fully saturated rings. The standard InChI is InChI=1S/C12H22N2O3/c1-11(2,10(16)17)12(3,4)14-9(15)5-8-6-13-7-8/h8,13H,5-7H2,1-4H3,(H,14,15)(H,16,17). The molecule has 0 aliphatic carbocycles. The average molecular weight is 242 g/mol. The van der Waals surface area contributed by atoms with Crippen LogP contribution in [0.15, 0.2) is 0 Å². The van der Waals surface area contributed by atoms with Crippen LogP contribution in [0.2, 0.25) is 0 Å². The minimum absolute atomic E-state index is 0.0733. The van der Waals surface area contributed by atoms with E-state index in [4.69, 9.17) is 5.11 Å². The predicted molar refractivity (Wildman–Crippen MR) is 64.6 cm³/mol. The lowest BCUT2D eigenvalue weighted by molar-refractivity contribution is -0.151. The van der Waals surface area contributed by atoms with Crippen molar-refractivity contribution in [1.82, 2.24) is 10.6 Å². The van der Waals surface area contributed by atoms with Gasteiger partial charge in [0.05, 0.1) is 5.41 Å². The third kappa shape index (κ3) is 2.97. The number of nitrogens with one attached hydrogen (secondary N) is 2. The van der Waals surface area contributed by atoms with Crippen molar-refractivity contribution < 1.29 is 14.7 Å². The number of carboxylic acids is 1. The summed E-state index contributed by atoms with van der Waals surface area (Å²) in [7, 11) is 0. The van der Waals surface area contributed by atoms with E-state index in [9.17, 15) is 9.59 Å². The Morgan fingerprint density at radius 2 is 1.82 bits per heavy atom. The fraction of sp³-hybridized carbons (Fsp3) is 0.833. The Bertz CT molecular complexity index is 320. The van der Waals surface area contributed by atoms with Gasteiger partial charge in [-0.3, -0.25) is 9.59 Å². The minimum atomic E-state index is -0.999. The van der Waals surface area contributed by atoms with Crippen LogP contribution in [0.5, 0.6) is 0 Å². The first kappa shape index (κ1) is 14.0. The smallest absolute Gasteiger partial charge is 0.311 e. The van der Waals surface area contributed by atoms with Gasteiger partial charge in [-0.1, -0.05) is 0 Å². The molecule has 3 N–H and O–H groups in total. The summed E-state index contributed by atoms with van der Waals surface area (Å²) in [6.07, 6.45) is 0.464. The molecule has 0 aromatic carbocycles. The Hall–Kier alpha value is -1.10. The number of hydrogen-bond acceptors (Lipinski definition) is 3. The first-order valence-electron chi connectivity index (χ1n) is 5.92. The molecule has 1 aliphatic heterocycles. The first-order valence-corrected chi connectivity index (χ1v) is 5.92. The Balaban J connectivity index is 2.58. The van der Waals surface area contributed by atoms with E-state index >= 15 is 0 Å². The van der Waals surface area contributed by atoms with Crippen LogP contribution in [-0.4, -0.2) is 35.6 Å². The zero-order valence-corrected chi connectivity index (χ0v) is 11.0. The number of carbonyl (C=O) groups excluding carboxylic acids is 1. The fourth-order valence-electron chi connectivity index (χ4n) is 1.58. The van der Waals surface area contributed by atoms with Crippen LogP contribution in [0, 0.1) is 11.3 Å². The second-order valence-electron chi connectivity index (χ2n) is 5.83. The van der Waals surface area contributed by atoms with Crippen molar-refractivity contribution in [3.8, 4) is 0 Å². The van der Waals surface area contributed by atoms with Gasteiger partial charge in [-0.25, -0.2) is 0 Å². The highest BCUT2D eigenvalue weighted by molar-refractivity contribution is 5.80. The summed E-state index contributed by atoms with van der Waals surface area (Å²) in [6.45, 7) is 8.49. The van der Waals surface area contributed by atoms with E-state index in [1.54, 1.807) is 27.7 Å². The van der Waals surface area contributed by atoms with E-state index in [1.165, 1.54) is 0 Å². The predicted octanol–water partition coefficient (Wildman–Crippen LogP) is 0.601. The zero-order valence-electron chi connectivity index (χ0n) is 11.0. The molecule has 98 valence electrons. The lowest BCUT2D eigenvalue weighted by atomic mass is 9.74. The van der Waals surface area contributed by atoms with Crippen LogP contribution in [0.4, 0.5) is 0 Å². The second kappa shape index (κ2) is 4.64. The quantitative estimate of drug-likeness (QED) is 0.659. The molecule has 5 heteroatoms. The number of carbonyl (C=O) groups is 2. The molecule has 0 spiro atoms. The van der Waals surface area contributed by atoms with E-state index in [2.05, 4.69) is 10.6 Å². The minimum Gasteiger partial charge on any atom is -0.481 e. The van der Waals surface area contributed by atoms with E-state index in [-0.39, 0.29) is 5.91 Å². The Morgan fingerprint density at radius 3 is 2.18 bits per heavy atom. The highest BCUT2D eigenvalue weighted by Crippen LogP contribution is 2.30. The summed E-state index contributed by atoms with van der Waals surface area (Å²) < 4.78 is 0. The molecule has 1 aliphatic rings. The summed E-state index contributed by atoms with van der Waals surface area (Å²) in [4.78, 5) is 23.0. The summed E-state index contributed by atoms with van der Waals surface area (Å²) in [5, 5.41) is 15.1. The lowest BCUT2D eigenvalue weighted by Gasteiger charge is -2.39. The van der Waals surface area contributed by atoms with Crippen molar-refractivity contribution in [2.45, 2.75) is 39.7 Å². The molecule has 1 heterocycles. The van der Waals surface area contributed by atoms with E-state index < -0.39 is 16.9 Å². The van der Waals surface area contributed by atoms with Crippen molar-refractivity contribution in [2.24, 2.45) is 11.3 Å². The van der Waals surface area contributed by atoms with Gasteiger partial charge >= 0.3 is 5.97 Å². The topological polar surface area (TPSA) is 78.4 Å². The molecule has 0 atom stereocenters. The summed E-state index contributed by atoms with van der Waals surface area (Å²) in [5.74, 6) is -0.595. The molecule has 1 amide bonds. The Kier molecular flexibility index (Phi) is 3.81. The number of hydrogen-bond donors (Lipinski definition) is 3. The van der Waals surface area contributed by atoms with E-state index in [0.29, 0.717) is 12.3 Å². The third-order valence-corrected chi connectivity index (χ3v) is 3.89. The lowest BCUT2D eigenvalue weighted by Crippen LogP contribution is -2.57. The van der Waals surface area contributed by atoms with Gasteiger partial charge in [0.25, 0.3) is 0 Å². The molecular weight excluding hydrogens is 220 g/mol. The normalized spacial score (nSPS) is 17.4. The van der Waals surface area contributed by atoms with Crippen molar-refractivity contribution in [3.05, 3.63) is 0 Å². The number of carboxylic acid groups (broad SMARTS) is 1. The molecule has 17 heavy (non-hydrogen) atoms. The number of rotatable bonds is 5. The van der Waals surface area contributed by atoms with Gasteiger partial charge in [-0.2, -0.15) is 0 Å². The van der Waals surface area contributed by atoms with Crippen LogP contribution in [0.3, 0.4) is 0 Å². The average Bonchev–Trinajstić information content (AvgIpc) is 2.10. The molecule has 0 radical (unpaired) electrons. The highest BCUT2D eigenvalue weighted by atomic mass is 16.4. The fourth-order valence-corrected chi connectivity index (χ4v) is 1.58. The van der Waals surface area contributed by atoms with Crippen LogP contribution in [-0.2, 0) is 9.59 Å². The molecule has 0 aromatic heterocycles. The van der Waals surface area contributed by atoms with Crippen molar-refractivity contribution >= 4 is 11.9 Å². The molecular formula is C12H22N2O3.